The van der Waals surface area contributed by atoms with Crippen LogP contribution in [0.2, 0.25) is 0 Å². The summed E-state index contributed by atoms with van der Waals surface area (Å²) < 4.78 is 18.8. The van der Waals surface area contributed by atoms with Crippen molar-refractivity contribution >= 4 is 5.91 Å². The third-order valence-corrected chi connectivity index (χ3v) is 4.06. The number of amides is 1. The summed E-state index contributed by atoms with van der Waals surface area (Å²) in [6.07, 6.45) is 0. The van der Waals surface area contributed by atoms with Gasteiger partial charge in [-0.2, -0.15) is 0 Å². The molecule has 3 aromatic rings. The van der Waals surface area contributed by atoms with Crippen LogP contribution in [0.25, 0.3) is 0 Å². The lowest BCUT2D eigenvalue weighted by molar-refractivity contribution is 0.0939. The van der Waals surface area contributed by atoms with Gasteiger partial charge in [0.15, 0.2) is 0 Å². The molecule has 0 aliphatic heterocycles. The number of benzene rings is 3. The zero-order valence-electron chi connectivity index (χ0n) is 14.5. The SMILES string of the molecule is C[C@H](NC(=O)c1cccc(OCc2ccccc2)c1)c1ccc(F)cc1. The number of nitrogens with one attached hydrogen (secondary N) is 1. The van der Waals surface area contributed by atoms with Crippen LogP contribution in [0.4, 0.5) is 4.39 Å². The molecular formula is C22H20FNO2. The minimum atomic E-state index is -0.296. The molecule has 0 bridgehead atoms. The molecule has 26 heavy (non-hydrogen) atoms. The zero-order chi connectivity index (χ0) is 18.4. The predicted molar refractivity (Wildman–Crippen MR) is 99.5 cm³/mol. The molecular weight excluding hydrogens is 329 g/mol. The Morgan fingerprint density at radius 2 is 1.73 bits per heavy atom. The Labute approximate surface area is 152 Å². The van der Waals surface area contributed by atoms with Crippen LogP contribution < -0.4 is 10.1 Å². The number of hydrogen-bond donors (Lipinski definition) is 1. The average molecular weight is 349 g/mol. The van der Waals surface area contributed by atoms with Crippen LogP contribution in [0.3, 0.4) is 0 Å². The van der Waals surface area contributed by atoms with Gasteiger partial charge in [-0.1, -0.05) is 48.5 Å². The lowest BCUT2D eigenvalue weighted by Gasteiger charge is -2.15. The summed E-state index contributed by atoms with van der Waals surface area (Å²) in [5, 5.41) is 2.92. The number of ether oxygens (including phenoxy) is 1. The van der Waals surface area contributed by atoms with Crippen molar-refractivity contribution < 1.29 is 13.9 Å². The van der Waals surface area contributed by atoms with Gasteiger partial charge < -0.3 is 10.1 Å². The summed E-state index contributed by atoms with van der Waals surface area (Å²) in [6, 6.07) is 22.8. The fourth-order valence-electron chi connectivity index (χ4n) is 2.58. The van der Waals surface area contributed by atoms with Crippen LogP contribution in [-0.4, -0.2) is 5.91 Å². The van der Waals surface area contributed by atoms with Gasteiger partial charge in [0, 0.05) is 5.56 Å². The Morgan fingerprint density at radius 1 is 1.00 bits per heavy atom. The highest BCUT2D eigenvalue weighted by Crippen LogP contribution is 2.17. The molecule has 0 saturated carbocycles. The second-order valence-electron chi connectivity index (χ2n) is 6.05. The van der Waals surface area contributed by atoms with E-state index in [0.717, 1.165) is 11.1 Å². The molecule has 3 aromatic carbocycles. The van der Waals surface area contributed by atoms with Crippen LogP contribution in [-0.2, 0) is 6.61 Å². The minimum Gasteiger partial charge on any atom is -0.489 e. The Kier molecular flexibility index (Phi) is 5.64. The van der Waals surface area contributed by atoms with E-state index in [1.165, 1.54) is 12.1 Å². The Bertz CT molecular complexity index is 863. The van der Waals surface area contributed by atoms with Crippen LogP contribution in [0.1, 0.15) is 34.5 Å². The van der Waals surface area contributed by atoms with Gasteiger partial charge >= 0.3 is 0 Å². The van der Waals surface area contributed by atoms with Crippen LogP contribution in [0.5, 0.6) is 5.75 Å². The van der Waals surface area contributed by atoms with Gasteiger partial charge in [-0.05, 0) is 48.4 Å². The Morgan fingerprint density at radius 3 is 2.46 bits per heavy atom. The first-order valence-electron chi connectivity index (χ1n) is 8.45. The molecule has 0 fully saturated rings. The molecule has 1 atom stereocenters. The van der Waals surface area contributed by atoms with Crippen molar-refractivity contribution in [3.8, 4) is 5.75 Å². The molecule has 0 unspecified atom stereocenters. The van der Waals surface area contributed by atoms with Crippen molar-refractivity contribution in [3.05, 3.63) is 101 Å². The van der Waals surface area contributed by atoms with Gasteiger partial charge in [-0.15, -0.1) is 0 Å². The quantitative estimate of drug-likeness (QED) is 0.688. The van der Waals surface area contributed by atoms with E-state index in [2.05, 4.69) is 5.32 Å². The first kappa shape index (κ1) is 17.7. The first-order chi connectivity index (χ1) is 12.6. The zero-order valence-corrected chi connectivity index (χ0v) is 14.5. The fourth-order valence-corrected chi connectivity index (χ4v) is 2.58. The average Bonchev–Trinajstić information content (AvgIpc) is 2.68. The molecule has 4 heteroatoms. The Hall–Kier alpha value is -3.14. The predicted octanol–water partition coefficient (Wildman–Crippen LogP) is 4.90. The highest BCUT2D eigenvalue weighted by molar-refractivity contribution is 5.94. The van der Waals surface area contributed by atoms with Crippen LogP contribution in [0.15, 0.2) is 78.9 Å². The van der Waals surface area contributed by atoms with E-state index in [9.17, 15) is 9.18 Å². The molecule has 0 aliphatic carbocycles. The lowest BCUT2D eigenvalue weighted by atomic mass is 10.1. The summed E-state index contributed by atoms with van der Waals surface area (Å²) in [5.74, 6) is 0.137. The van der Waals surface area contributed by atoms with Crippen LogP contribution in [0, 0.1) is 5.82 Å². The second kappa shape index (κ2) is 8.30. The third-order valence-electron chi connectivity index (χ3n) is 4.06. The van der Waals surface area contributed by atoms with E-state index in [4.69, 9.17) is 4.74 Å². The summed E-state index contributed by atoms with van der Waals surface area (Å²) in [5.41, 5.74) is 2.42. The van der Waals surface area contributed by atoms with Crippen molar-refractivity contribution in [1.82, 2.24) is 5.32 Å². The normalized spacial score (nSPS) is 11.6. The Balaban J connectivity index is 1.63. The largest absolute Gasteiger partial charge is 0.489 e. The van der Waals surface area contributed by atoms with Crippen molar-refractivity contribution in [2.24, 2.45) is 0 Å². The number of hydrogen-bond acceptors (Lipinski definition) is 2. The van der Waals surface area contributed by atoms with Gasteiger partial charge in [-0.3, -0.25) is 4.79 Å². The molecule has 0 aliphatic rings. The second-order valence-corrected chi connectivity index (χ2v) is 6.05. The molecule has 0 radical (unpaired) electrons. The molecule has 0 heterocycles. The first-order valence-corrected chi connectivity index (χ1v) is 8.45. The van der Waals surface area contributed by atoms with E-state index < -0.39 is 0 Å². The summed E-state index contributed by atoms with van der Waals surface area (Å²) in [6.45, 7) is 2.30. The van der Waals surface area contributed by atoms with Crippen molar-refractivity contribution in [2.75, 3.05) is 0 Å². The lowest BCUT2D eigenvalue weighted by Crippen LogP contribution is -2.26. The minimum absolute atomic E-state index is 0.202. The number of carbonyl (C=O) groups excluding carboxylic acids is 1. The van der Waals surface area contributed by atoms with Gasteiger partial charge in [0.05, 0.1) is 6.04 Å². The molecule has 3 nitrogen and oxygen atoms in total. The van der Waals surface area contributed by atoms with Gasteiger partial charge in [0.2, 0.25) is 0 Å². The van der Waals surface area contributed by atoms with E-state index in [0.29, 0.717) is 17.9 Å². The molecule has 1 amide bonds. The van der Waals surface area contributed by atoms with Gasteiger partial charge in [-0.25, -0.2) is 4.39 Å². The molecule has 0 aromatic heterocycles. The van der Waals surface area contributed by atoms with Crippen molar-refractivity contribution in [2.45, 2.75) is 19.6 Å². The topological polar surface area (TPSA) is 38.3 Å². The molecule has 0 saturated heterocycles. The highest BCUT2D eigenvalue weighted by Gasteiger charge is 2.12. The van der Waals surface area contributed by atoms with E-state index in [1.54, 1.807) is 30.3 Å². The maximum atomic E-state index is 13.0. The van der Waals surface area contributed by atoms with Crippen molar-refractivity contribution in [3.63, 3.8) is 0 Å². The maximum absolute atomic E-state index is 13.0. The van der Waals surface area contributed by atoms with E-state index in [-0.39, 0.29) is 17.8 Å². The van der Waals surface area contributed by atoms with Crippen molar-refractivity contribution in [1.29, 1.82) is 0 Å². The van der Waals surface area contributed by atoms with Gasteiger partial charge in [0.25, 0.3) is 5.91 Å². The van der Waals surface area contributed by atoms with E-state index >= 15 is 0 Å². The summed E-state index contributed by atoms with van der Waals surface area (Å²) >= 11 is 0. The number of carbonyl (C=O) groups is 1. The van der Waals surface area contributed by atoms with Crippen LogP contribution >= 0.6 is 0 Å². The number of halogens is 1. The molecule has 3 rings (SSSR count). The van der Waals surface area contributed by atoms with E-state index in [1.807, 2.05) is 43.3 Å². The van der Waals surface area contributed by atoms with Gasteiger partial charge in [0.1, 0.15) is 18.2 Å². The summed E-state index contributed by atoms with van der Waals surface area (Å²) in [7, 11) is 0. The maximum Gasteiger partial charge on any atom is 0.251 e. The standard InChI is InChI=1S/C22H20FNO2/c1-16(18-10-12-20(23)13-11-18)24-22(25)19-8-5-9-21(14-19)26-15-17-6-3-2-4-7-17/h2-14,16H,15H2,1H3,(H,24,25)/t16-/m0/s1. The smallest absolute Gasteiger partial charge is 0.251 e. The number of rotatable bonds is 6. The summed E-state index contributed by atoms with van der Waals surface area (Å²) in [4.78, 5) is 12.5. The fraction of sp³-hybridized carbons (Fsp3) is 0.136. The molecule has 0 spiro atoms. The highest BCUT2D eigenvalue weighted by atomic mass is 19.1. The molecule has 1 N–H and O–H groups in total. The third kappa shape index (κ3) is 4.70. The monoisotopic (exact) mass is 349 g/mol. The molecule has 132 valence electrons.